The Balaban J connectivity index is 2.25. The van der Waals surface area contributed by atoms with Gasteiger partial charge >= 0.3 is 0 Å². The SMILES string of the molecule is CCNCc1oc(COCCCN(C)C)cc1C. The molecule has 0 atom stereocenters. The van der Waals surface area contributed by atoms with E-state index < -0.39 is 0 Å². The van der Waals surface area contributed by atoms with Crippen molar-refractivity contribution in [3.05, 3.63) is 23.2 Å². The predicted octanol–water partition coefficient (Wildman–Crippen LogP) is 2.17. The highest BCUT2D eigenvalue weighted by atomic mass is 16.5. The van der Waals surface area contributed by atoms with Crippen molar-refractivity contribution in [2.75, 3.05) is 33.8 Å². The maximum Gasteiger partial charge on any atom is 0.130 e. The van der Waals surface area contributed by atoms with Crippen LogP contribution in [-0.4, -0.2) is 38.7 Å². The number of ether oxygens (including phenoxy) is 1. The Labute approximate surface area is 110 Å². The summed E-state index contributed by atoms with van der Waals surface area (Å²) in [5.41, 5.74) is 1.20. The summed E-state index contributed by atoms with van der Waals surface area (Å²) in [5.74, 6) is 1.94. The van der Waals surface area contributed by atoms with E-state index in [1.807, 2.05) is 0 Å². The summed E-state index contributed by atoms with van der Waals surface area (Å²) in [6.07, 6.45) is 1.05. The molecule has 1 aromatic rings. The number of hydrogen-bond donors (Lipinski definition) is 1. The second kappa shape index (κ2) is 8.29. The minimum Gasteiger partial charge on any atom is -0.462 e. The highest BCUT2D eigenvalue weighted by Gasteiger charge is 2.06. The van der Waals surface area contributed by atoms with Crippen molar-refractivity contribution in [3.8, 4) is 0 Å². The van der Waals surface area contributed by atoms with Crippen molar-refractivity contribution in [1.82, 2.24) is 10.2 Å². The zero-order valence-corrected chi connectivity index (χ0v) is 12.1. The van der Waals surface area contributed by atoms with Gasteiger partial charge < -0.3 is 19.4 Å². The molecule has 18 heavy (non-hydrogen) atoms. The molecule has 1 heterocycles. The lowest BCUT2D eigenvalue weighted by Crippen LogP contribution is -2.14. The first-order valence-corrected chi connectivity index (χ1v) is 6.64. The van der Waals surface area contributed by atoms with Crippen LogP contribution in [0.5, 0.6) is 0 Å². The standard InChI is InChI=1S/C14H26N2O2/c1-5-15-10-14-12(2)9-13(18-14)11-17-8-6-7-16(3)4/h9,15H,5-8,10-11H2,1-4H3. The molecule has 0 aromatic carbocycles. The third kappa shape index (κ3) is 5.67. The average Bonchev–Trinajstić information content (AvgIpc) is 2.66. The van der Waals surface area contributed by atoms with Crippen LogP contribution in [0.15, 0.2) is 10.5 Å². The van der Waals surface area contributed by atoms with Crippen LogP contribution in [0.4, 0.5) is 0 Å². The Bertz CT molecular complexity index is 335. The molecule has 1 N–H and O–H groups in total. The summed E-state index contributed by atoms with van der Waals surface area (Å²) >= 11 is 0. The van der Waals surface area contributed by atoms with E-state index in [1.54, 1.807) is 0 Å². The average molecular weight is 254 g/mol. The van der Waals surface area contributed by atoms with Crippen LogP contribution in [0, 0.1) is 6.92 Å². The highest BCUT2D eigenvalue weighted by molar-refractivity contribution is 5.19. The molecule has 1 aromatic heterocycles. The predicted molar refractivity (Wildman–Crippen MR) is 73.7 cm³/mol. The number of nitrogens with one attached hydrogen (secondary N) is 1. The molecular formula is C14H26N2O2. The largest absolute Gasteiger partial charge is 0.462 e. The summed E-state index contributed by atoms with van der Waals surface area (Å²) in [6.45, 7) is 8.32. The quantitative estimate of drug-likeness (QED) is 0.685. The normalized spacial score (nSPS) is 11.4. The monoisotopic (exact) mass is 254 g/mol. The number of aryl methyl sites for hydroxylation is 1. The molecule has 0 saturated carbocycles. The Morgan fingerprint density at radius 2 is 2.17 bits per heavy atom. The fourth-order valence-corrected chi connectivity index (χ4v) is 1.73. The van der Waals surface area contributed by atoms with Crippen LogP contribution in [0.3, 0.4) is 0 Å². The summed E-state index contributed by atoms with van der Waals surface area (Å²) in [6, 6.07) is 2.07. The molecule has 0 unspecified atom stereocenters. The van der Waals surface area contributed by atoms with E-state index in [9.17, 15) is 0 Å². The van der Waals surface area contributed by atoms with Crippen molar-refractivity contribution in [3.63, 3.8) is 0 Å². The number of furan rings is 1. The first kappa shape index (κ1) is 15.2. The van der Waals surface area contributed by atoms with Crippen LogP contribution < -0.4 is 5.32 Å². The van der Waals surface area contributed by atoms with E-state index in [0.717, 1.165) is 44.2 Å². The van der Waals surface area contributed by atoms with Gasteiger partial charge in [0.1, 0.15) is 18.1 Å². The summed E-state index contributed by atoms with van der Waals surface area (Å²) in [4.78, 5) is 2.16. The van der Waals surface area contributed by atoms with Crippen molar-refractivity contribution < 1.29 is 9.15 Å². The zero-order valence-electron chi connectivity index (χ0n) is 12.1. The zero-order chi connectivity index (χ0) is 13.4. The molecule has 0 saturated heterocycles. The van der Waals surface area contributed by atoms with Gasteiger partial charge in [0.2, 0.25) is 0 Å². The smallest absolute Gasteiger partial charge is 0.130 e. The topological polar surface area (TPSA) is 37.6 Å². The lowest BCUT2D eigenvalue weighted by atomic mass is 10.2. The maximum atomic E-state index is 5.75. The lowest BCUT2D eigenvalue weighted by molar-refractivity contribution is 0.0984. The van der Waals surface area contributed by atoms with Crippen molar-refractivity contribution in [2.24, 2.45) is 0 Å². The summed E-state index contributed by atoms with van der Waals surface area (Å²) < 4.78 is 11.3. The van der Waals surface area contributed by atoms with Gasteiger partial charge in [-0.3, -0.25) is 0 Å². The first-order chi connectivity index (χ1) is 8.63. The highest BCUT2D eigenvalue weighted by Crippen LogP contribution is 2.15. The van der Waals surface area contributed by atoms with Gasteiger partial charge in [-0.05, 0) is 52.2 Å². The molecule has 0 radical (unpaired) electrons. The van der Waals surface area contributed by atoms with Crippen molar-refractivity contribution >= 4 is 0 Å². The van der Waals surface area contributed by atoms with Crippen molar-refractivity contribution in [1.29, 1.82) is 0 Å². The van der Waals surface area contributed by atoms with Crippen molar-refractivity contribution in [2.45, 2.75) is 33.4 Å². The Morgan fingerprint density at radius 1 is 1.39 bits per heavy atom. The van der Waals surface area contributed by atoms with Gasteiger partial charge in [0.05, 0.1) is 6.54 Å². The minimum absolute atomic E-state index is 0.570. The Hall–Kier alpha value is -0.840. The molecule has 1 rings (SSSR count). The molecule has 4 heteroatoms. The Morgan fingerprint density at radius 3 is 2.83 bits per heavy atom. The van der Waals surface area contributed by atoms with Gasteiger partial charge in [0.25, 0.3) is 0 Å². The molecule has 0 amide bonds. The molecule has 0 aliphatic carbocycles. The molecule has 0 aliphatic rings. The van der Waals surface area contributed by atoms with Crippen LogP contribution in [0.2, 0.25) is 0 Å². The molecule has 0 aliphatic heterocycles. The fraction of sp³-hybridized carbons (Fsp3) is 0.714. The van der Waals surface area contributed by atoms with Gasteiger partial charge in [-0.15, -0.1) is 0 Å². The van der Waals surface area contributed by atoms with E-state index in [4.69, 9.17) is 9.15 Å². The first-order valence-electron chi connectivity index (χ1n) is 6.64. The summed E-state index contributed by atoms with van der Waals surface area (Å²) in [5, 5.41) is 3.27. The molecule has 0 spiro atoms. The van der Waals surface area contributed by atoms with E-state index in [2.05, 4.69) is 44.2 Å². The molecule has 0 bridgehead atoms. The molecule has 4 nitrogen and oxygen atoms in total. The van der Waals surface area contributed by atoms with Gasteiger partial charge in [-0.1, -0.05) is 6.92 Å². The summed E-state index contributed by atoms with van der Waals surface area (Å²) in [7, 11) is 4.14. The number of rotatable bonds is 9. The third-order valence-corrected chi connectivity index (χ3v) is 2.75. The maximum absolute atomic E-state index is 5.75. The van der Waals surface area contributed by atoms with Gasteiger partial charge in [-0.2, -0.15) is 0 Å². The molecule has 0 fully saturated rings. The Kier molecular flexibility index (Phi) is 7.01. The second-order valence-electron chi connectivity index (χ2n) is 4.81. The fourth-order valence-electron chi connectivity index (χ4n) is 1.73. The van der Waals surface area contributed by atoms with E-state index in [-0.39, 0.29) is 0 Å². The van der Waals surface area contributed by atoms with E-state index >= 15 is 0 Å². The van der Waals surface area contributed by atoms with Crippen LogP contribution in [0.25, 0.3) is 0 Å². The van der Waals surface area contributed by atoms with Gasteiger partial charge in [-0.25, -0.2) is 0 Å². The van der Waals surface area contributed by atoms with E-state index in [1.165, 1.54) is 5.56 Å². The number of hydrogen-bond acceptors (Lipinski definition) is 4. The van der Waals surface area contributed by atoms with E-state index in [0.29, 0.717) is 6.61 Å². The second-order valence-corrected chi connectivity index (χ2v) is 4.81. The lowest BCUT2D eigenvalue weighted by Gasteiger charge is -2.08. The number of nitrogens with zero attached hydrogens (tertiary/aromatic N) is 1. The molecule has 104 valence electrons. The van der Waals surface area contributed by atoms with Crippen LogP contribution >= 0.6 is 0 Å². The third-order valence-electron chi connectivity index (χ3n) is 2.75. The van der Waals surface area contributed by atoms with Crippen LogP contribution in [-0.2, 0) is 17.9 Å². The van der Waals surface area contributed by atoms with Crippen LogP contribution in [0.1, 0.15) is 30.4 Å². The van der Waals surface area contributed by atoms with Gasteiger partial charge in [0, 0.05) is 6.61 Å². The van der Waals surface area contributed by atoms with Gasteiger partial charge in [0.15, 0.2) is 0 Å². The molecular weight excluding hydrogens is 228 g/mol. The minimum atomic E-state index is 0.570.